The minimum Gasteiger partial charge on any atom is -0.545 e. The number of nitrogens with two attached hydrogens (primary N) is 1. The number of anilines is 5. The van der Waals surface area contributed by atoms with Crippen molar-refractivity contribution in [1.82, 2.24) is 34.9 Å². The number of nitrogens with zero attached hydrogens (tertiary/aromatic N) is 9. The van der Waals surface area contributed by atoms with Crippen molar-refractivity contribution in [2.75, 3.05) is 16.4 Å². The number of carboxylic acid groups (broad SMARTS) is 5. The second-order valence-corrected chi connectivity index (χ2v) is 13.9. The predicted molar refractivity (Wildman–Crippen MR) is 191 cm³/mol. The van der Waals surface area contributed by atoms with Crippen molar-refractivity contribution in [3.63, 3.8) is 0 Å². The number of aromatic carboxylic acids is 5. The summed E-state index contributed by atoms with van der Waals surface area (Å²) in [6.45, 7) is 5.38. The zero-order valence-corrected chi connectivity index (χ0v) is 51.3. The van der Waals surface area contributed by atoms with Crippen molar-refractivity contribution in [3.8, 4) is 16.5 Å². The van der Waals surface area contributed by atoms with Crippen molar-refractivity contribution in [2.45, 2.75) is 26.2 Å². The predicted octanol–water partition coefficient (Wildman–Crippen LogP) is -15.8. The molecule has 0 aliphatic heterocycles. The van der Waals surface area contributed by atoms with Gasteiger partial charge in [0.1, 0.15) is 5.01 Å². The molecule has 22 nitrogen and oxygen atoms in total. The molecule has 0 aliphatic carbocycles. The van der Waals surface area contributed by atoms with Gasteiger partial charge in [-0.15, -0.1) is 20.4 Å². The van der Waals surface area contributed by atoms with Crippen molar-refractivity contribution in [1.29, 1.82) is 0 Å². The summed E-state index contributed by atoms with van der Waals surface area (Å²) < 4.78 is 1.05. The average Bonchev–Trinajstić information content (AvgIpc) is 3.77. The third-order valence-corrected chi connectivity index (χ3v) is 8.61. The number of carboxylic acids is 5. The Hall–Kier alpha value is -0.0282. The number of hydrogen-bond donors (Lipinski definition) is 3. The first-order valence-corrected chi connectivity index (χ1v) is 17.1. The summed E-state index contributed by atoms with van der Waals surface area (Å²) in [5, 5.41) is 84.8. The van der Waals surface area contributed by atoms with Crippen molar-refractivity contribution in [3.05, 3.63) is 94.2 Å². The van der Waals surface area contributed by atoms with Crippen LogP contribution in [0.15, 0.2) is 70.9 Å². The summed E-state index contributed by atoms with van der Waals surface area (Å²) in [4.78, 5) is 70.6. The van der Waals surface area contributed by atoms with Crippen molar-refractivity contribution in [2.24, 2.45) is 10.2 Å². The van der Waals surface area contributed by atoms with Crippen LogP contribution in [0.2, 0.25) is 0 Å². The first-order valence-electron chi connectivity index (χ1n) is 16.3. The zero-order chi connectivity index (χ0) is 42.1. The molecule has 3 aromatic carbocycles. The fourth-order valence-corrected chi connectivity index (χ4v) is 5.77. The molecule has 28 heteroatoms. The number of nitrogens with one attached hydrogen (secondary N) is 2. The van der Waals surface area contributed by atoms with E-state index in [-0.39, 0.29) is 314 Å². The molecule has 0 fully saturated rings. The van der Waals surface area contributed by atoms with E-state index in [1.807, 2.05) is 0 Å². The van der Waals surface area contributed by atoms with Crippen LogP contribution in [0.25, 0.3) is 16.5 Å². The van der Waals surface area contributed by atoms with Crippen LogP contribution in [-0.4, -0.2) is 64.8 Å². The summed E-state index contributed by atoms with van der Waals surface area (Å²) in [5.41, 5.74) is 4.21. The Morgan fingerprint density at radius 1 is 0.619 bits per heavy atom. The summed E-state index contributed by atoms with van der Waals surface area (Å²) in [7, 11) is 0. The monoisotopic (exact) mass is 998 g/mol. The largest absolute Gasteiger partial charge is 1.00 e. The second kappa shape index (κ2) is 26.7. The fourth-order valence-electron chi connectivity index (χ4n) is 5.09. The number of aromatic nitrogens is 7. The molecular formula is C35H23K5N12O10S. The Bertz CT molecular complexity index is 2550. The molecule has 0 unspecified atom stereocenters. The number of rotatable bonds is 13. The van der Waals surface area contributed by atoms with E-state index in [1.54, 1.807) is 20.8 Å². The van der Waals surface area contributed by atoms with E-state index in [9.17, 15) is 49.5 Å². The maximum absolute atomic E-state index is 11.7. The van der Waals surface area contributed by atoms with E-state index in [0.29, 0.717) is 10.6 Å². The third-order valence-electron chi connectivity index (χ3n) is 7.76. The molecule has 3 heterocycles. The van der Waals surface area contributed by atoms with Gasteiger partial charge in [-0.2, -0.15) is 24.7 Å². The Morgan fingerprint density at radius 3 is 1.44 bits per heavy atom. The third kappa shape index (κ3) is 16.0. The van der Waals surface area contributed by atoms with Gasteiger partial charge in [0.05, 0.1) is 35.5 Å². The maximum Gasteiger partial charge on any atom is 1.00 e. The minimum absolute atomic E-state index is 0. The molecule has 0 saturated carbocycles. The quantitative estimate of drug-likeness (QED) is 0.0714. The van der Waals surface area contributed by atoms with Gasteiger partial charge in [-0.1, -0.05) is 56.4 Å². The van der Waals surface area contributed by atoms with Crippen LogP contribution in [0, 0.1) is 0 Å². The van der Waals surface area contributed by atoms with E-state index in [0.717, 1.165) is 52.4 Å². The molecular weight excluding hydrogens is 976 g/mol. The first-order chi connectivity index (χ1) is 27.4. The standard InChI is InChI=1S/C35H28N12O10S.5K/c1-35(2,3)23-22(42-44-34-45-43-25(58-34)14-4-6-15(7-5-14)26(48)49)24(36)47(46-23)33-40-31(37-20-10-16(27(50)51)8-17(11-20)28(52)53)39-32(41-33)38-21-12-18(29(54)55)9-19(13-21)30(56)57;;;;;/h4-13H,36H2,1-3H3,(H,48,49)(H,50,51)(H,52,53)(H,54,55)(H,56,57)(H2,37,38,39,40,41);;;;;/q;5*+1/p-5. The molecule has 0 amide bonds. The average molecular weight is 999 g/mol. The molecule has 6 rings (SSSR count). The molecule has 63 heavy (non-hydrogen) atoms. The van der Waals surface area contributed by atoms with Gasteiger partial charge >= 0.3 is 257 Å². The maximum atomic E-state index is 11.7. The number of benzene rings is 3. The summed E-state index contributed by atoms with van der Waals surface area (Å²) >= 11 is 1.03. The van der Waals surface area contributed by atoms with Crippen LogP contribution >= 0.6 is 11.3 Å². The van der Waals surface area contributed by atoms with Gasteiger partial charge in [-0.05, 0) is 64.2 Å². The molecule has 0 spiro atoms. The van der Waals surface area contributed by atoms with Gasteiger partial charge < -0.3 is 65.9 Å². The number of azo groups is 1. The van der Waals surface area contributed by atoms with E-state index in [1.165, 1.54) is 24.3 Å². The number of carbonyl (C=O) groups is 5. The van der Waals surface area contributed by atoms with Crippen molar-refractivity contribution >= 4 is 81.1 Å². The van der Waals surface area contributed by atoms with Gasteiger partial charge in [-0.3, -0.25) is 0 Å². The summed E-state index contributed by atoms with van der Waals surface area (Å²) in [6, 6.07) is 11.5. The van der Waals surface area contributed by atoms with Gasteiger partial charge in [0.2, 0.25) is 11.9 Å². The molecule has 294 valence electrons. The molecule has 3 aromatic heterocycles. The molecule has 0 aliphatic rings. The van der Waals surface area contributed by atoms with Gasteiger partial charge in [0.25, 0.3) is 11.1 Å². The van der Waals surface area contributed by atoms with Crippen LogP contribution in [0.4, 0.5) is 39.9 Å². The Labute approximate surface area is 573 Å². The minimum atomic E-state index is -1.71. The fraction of sp³-hybridized carbons (Fsp3) is 0.114. The Morgan fingerprint density at radius 2 is 1.05 bits per heavy atom. The molecule has 4 N–H and O–H groups in total. The molecule has 0 saturated heterocycles. The molecule has 0 bridgehead atoms. The van der Waals surface area contributed by atoms with Gasteiger partial charge in [0.15, 0.2) is 11.5 Å². The summed E-state index contributed by atoms with van der Waals surface area (Å²) in [5.74, 6) is -9.45. The first kappa shape index (κ1) is 61.0. The Balaban J connectivity index is 0.00000397. The molecule has 0 radical (unpaired) electrons. The normalized spacial score (nSPS) is 10.5. The summed E-state index contributed by atoms with van der Waals surface area (Å²) in [6.07, 6.45) is 0. The topological polar surface area (TPSA) is 358 Å². The van der Waals surface area contributed by atoms with Crippen LogP contribution in [-0.2, 0) is 5.41 Å². The van der Waals surface area contributed by atoms with E-state index < -0.39 is 57.5 Å². The van der Waals surface area contributed by atoms with Gasteiger partial charge in [0, 0.05) is 22.4 Å². The number of hydrogen-bond acceptors (Lipinski definition) is 22. The van der Waals surface area contributed by atoms with E-state index >= 15 is 0 Å². The van der Waals surface area contributed by atoms with Crippen LogP contribution in [0.5, 0.6) is 0 Å². The molecule has 0 atom stereocenters. The molecule has 6 aromatic rings. The van der Waals surface area contributed by atoms with Crippen LogP contribution in [0.3, 0.4) is 0 Å². The van der Waals surface area contributed by atoms with Crippen LogP contribution < -0.4 is 299 Å². The smallest absolute Gasteiger partial charge is 0.545 e. The van der Waals surface area contributed by atoms with Gasteiger partial charge in [-0.25, -0.2) is 0 Å². The van der Waals surface area contributed by atoms with Crippen molar-refractivity contribution < 1.29 is 306 Å². The van der Waals surface area contributed by atoms with E-state index in [4.69, 9.17) is 5.73 Å². The zero-order valence-electron chi connectivity index (χ0n) is 34.9. The van der Waals surface area contributed by atoms with E-state index in [2.05, 4.69) is 51.1 Å². The SMILES string of the molecule is CC(C)(C)c1nn(-c2nc(Nc3cc(C(=O)[O-])cc(C(=O)[O-])c3)nc(Nc3cc(C(=O)[O-])cc(C(=O)[O-])c3)n2)c(N)c1N=Nc1nnc(-c2ccc(C(=O)[O-])cc2)s1.[K+].[K+].[K+].[K+].[K+]. The number of nitrogen functional groups attached to an aromatic ring is 1. The number of carbonyl (C=O) groups excluding carboxylic acids is 5. The second-order valence-electron chi connectivity index (χ2n) is 13.0. The Kier molecular flexibility index (Phi) is 25.8. The van der Waals surface area contributed by atoms with Crippen LogP contribution in [0.1, 0.15) is 78.3 Å².